The summed E-state index contributed by atoms with van der Waals surface area (Å²) in [5.74, 6) is 2.19. The molecule has 0 unspecified atom stereocenters. The van der Waals surface area contributed by atoms with E-state index in [1.54, 1.807) is 13.2 Å². The molecule has 1 saturated heterocycles. The Morgan fingerprint density at radius 3 is 2.65 bits per heavy atom. The van der Waals surface area contributed by atoms with Crippen LogP contribution >= 0.6 is 12.4 Å². The maximum absolute atomic E-state index is 12.2. The number of carbonyl (C=O) groups excluding carboxylic acids is 1. The molecule has 0 saturated carbocycles. The van der Waals surface area contributed by atoms with Crippen LogP contribution in [-0.4, -0.2) is 51.2 Å². The van der Waals surface area contributed by atoms with Crippen molar-refractivity contribution in [3.63, 3.8) is 0 Å². The molecule has 1 amide bonds. The molecule has 0 aliphatic carbocycles. The van der Waals surface area contributed by atoms with E-state index in [0.717, 1.165) is 44.1 Å². The lowest BCUT2D eigenvalue weighted by Crippen LogP contribution is -2.41. The molecule has 0 spiro atoms. The van der Waals surface area contributed by atoms with E-state index >= 15 is 0 Å². The van der Waals surface area contributed by atoms with Gasteiger partial charge in [0.1, 0.15) is 11.5 Å². The van der Waals surface area contributed by atoms with E-state index in [1.807, 2.05) is 30.1 Å². The maximum Gasteiger partial charge on any atom is 0.260 e. The third-order valence-electron chi connectivity index (χ3n) is 4.17. The zero-order valence-electron chi connectivity index (χ0n) is 13.9. The van der Waals surface area contributed by atoms with Crippen molar-refractivity contribution in [2.75, 3.05) is 40.4 Å². The molecular formula is C17H27ClN2O3. The number of nitrogens with one attached hydrogen (secondary N) is 1. The smallest absolute Gasteiger partial charge is 0.260 e. The van der Waals surface area contributed by atoms with Crippen molar-refractivity contribution in [2.24, 2.45) is 5.92 Å². The molecule has 1 aromatic rings. The van der Waals surface area contributed by atoms with E-state index < -0.39 is 0 Å². The van der Waals surface area contributed by atoms with Gasteiger partial charge in [0, 0.05) is 19.2 Å². The highest BCUT2D eigenvalue weighted by Gasteiger charge is 2.22. The SMILES string of the molecule is CNCCC1CCN(C(=O)COc2cccc(OC)c2)CC1.Cl. The van der Waals surface area contributed by atoms with Crippen molar-refractivity contribution in [1.82, 2.24) is 10.2 Å². The number of piperidine rings is 1. The Morgan fingerprint density at radius 2 is 2.00 bits per heavy atom. The van der Waals surface area contributed by atoms with Crippen LogP contribution in [0, 0.1) is 5.92 Å². The first-order valence-corrected chi connectivity index (χ1v) is 7.92. The molecule has 130 valence electrons. The van der Waals surface area contributed by atoms with Gasteiger partial charge >= 0.3 is 0 Å². The van der Waals surface area contributed by atoms with Gasteiger partial charge < -0.3 is 19.7 Å². The minimum absolute atomic E-state index is 0. The van der Waals surface area contributed by atoms with Crippen LogP contribution in [0.5, 0.6) is 11.5 Å². The topological polar surface area (TPSA) is 50.8 Å². The molecule has 2 rings (SSSR count). The number of rotatable bonds is 7. The molecule has 1 N–H and O–H groups in total. The first kappa shape index (κ1) is 19.6. The van der Waals surface area contributed by atoms with Gasteiger partial charge in [0.25, 0.3) is 5.91 Å². The summed E-state index contributed by atoms with van der Waals surface area (Å²) >= 11 is 0. The van der Waals surface area contributed by atoms with E-state index in [4.69, 9.17) is 9.47 Å². The average Bonchev–Trinajstić information content (AvgIpc) is 2.58. The van der Waals surface area contributed by atoms with Crippen molar-refractivity contribution in [2.45, 2.75) is 19.3 Å². The minimum Gasteiger partial charge on any atom is -0.497 e. The number of halogens is 1. The zero-order valence-corrected chi connectivity index (χ0v) is 14.7. The minimum atomic E-state index is 0. The fourth-order valence-corrected chi connectivity index (χ4v) is 2.75. The number of benzene rings is 1. The Kier molecular flexibility index (Phi) is 8.81. The molecule has 1 aromatic carbocycles. The molecule has 0 aromatic heterocycles. The van der Waals surface area contributed by atoms with E-state index in [1.165, 1.54) is 6.42 Å². The van der Waals surface area contributed by atoms with E-state index in [-0.39, 0.29) is 24.9 Å². The van der Waals surface area contributed by atoms with Crippen LogP contribution in [0.2, 0.25) is 0 Å². The summed E-state index contributed by atoms with van der Waals surface area (Å²) in [7, 11) is 3.59. The molecule has 6 heteroatoms. The fraction of sp³-hybridized carbons (Fsp3) is 0.588. The van der Waals surface area contributed by atoms with Crippen LogP contribution in [0.1, 0.15) is 19.3 Å². The van der Waals surface area contributed by atoms with E-state index in [2.05, 4.69) is 5.32 Å². The Hall–Kier alpha value is -1.46. The van der Waals surface area contributed by atoms with Gasteiger partial charge in [-0.15, -0.1) is 12.4 Å². The number of likely N-dealkylation sites (tertiary alicyclic amines) is 1. The van der Waals surface area contributed by atoms with Gasteiger partial charge in [0.05, 0.1) is 7.11 Å². The van der Waals surface area contributed by atoms with Crippen molar-refractivity contribution in [3.05, 3.63) is 24.3 Å². The number of nitrogens with zero attached hydrogens (tertiary/aromatic N) is 1. The van der Waals surface area contributed by atoms with Crippen LogP contribution in [0.15, 0.2) is 24.3 Å². The summed E-state index contributed by atoms with van der Waals surface area (Å²) < 4.78 is 10.7. The molecule has 1 aliphatic rings. The van der Waals surface area contributed by atoms with Gasteiger partial charge in [-0.25, -0.2) is 0 Å². The highest BCUT2D eigenvalue weighted by atomic mass is 35.5. The third kappa shape index (κ3) is 6.28. The second-order valence-electron chi connectivity index (χ2n) is 5.68. The molecule has 0 atom stereocenters. The van der Waals surface area contributed by atoms with Gasteiger partial charge in [0.2, 0.25) is 0 Å². The Bertz CT molecular complexity index is 477. The lowest BCUT2D eigenvalue weighted by molar-refractivity contribution is -0.134. The van der Waals surface area contributed by atoms with Crippen LogP contribution in [0.4, 0.5) is 0 Å². The molecule has 1 heterocycles. The Morgan fingerprint density at radius 1 is 1.30 bits per heavy atom. The highest BCUT2D eigenvalue weighted by Crippen LogP contribution is 2.21. The van der Waals surface area contributed by atoms with E-state index in [0.29, 0.717) is 5.75 Å². The van der Waals surface area contributed by atoms with Crippen molar-refractivity contribution < 1.29 is 14.3 Å². The summed E-state index contributed by atoms with van der Waals surface area (Å²) in [6.07, 6.45) is 3.37. The number of methoxy groups -OCH3 is 1. The van der Waals surface area contributed by atoms with Gasteiger partial charge in [-0.3, -0.25) is 4.79 Å². The third-order valence-corrected chi connectivity index (χ3v) is 4.17. The molecule has 1 fully saturated rings. The van der Waals surface area contributed by atoms with Crippen molar-refractivity contribution in [1.29, 1.82) is 0 Å². The predicted octanol–water partition coefficient (Wildman–Crippen LogP) is 2.34. The first-order valence-electron chi connectivity index (χ1n) is 7.92. The number of hydrogen-bond donors (Lipinski definition) is 1. The van der Waals surface area contributed by atoms with Crippen molar-refractivity contribution in [3.8, 4) is 11.5 Å². The van der Waals surface area contributed by atoms with Gasteiger partial charge in [0.15, 0.2) is 6.61 Å². The molecular weight excluding hydrogens is 316 g/mol. The van der Waals surface area contributed by atoms with E-state index in [9.17, 15) is 4.79 Å². The maximum atomic E-state index is 12.2. The Balaban J connectivity index is 0.00000264. The molecule has 1 aliphatic heterocycles. The second kappa shape index (κ2) is 10.3. The van der Waals surface area contributed by atoms with Crippen LogP contribution in [0.25, 0.3) is 0 Å². The largest absolute Gasteiger partial charge is 0.497 e. The first-order chi connectivity index (χ1) is 10.7. The predicted molar refractivity (Wildman–Crippen MR) is 93.6 cm³/mol. The molecule has 0 radical (unpaired) electrons. The zero-order chi connectivity index (χ0) is 15.8. The monoisotopic (exact) mass is 342 g/mol. The summed E-state index contributed by atoms with van der Waals surface area (Å²) in [5.41, 5.74) is 0. The Labute approximate surface area is 144 Å². The quantitative estimate of drug-likeness (QED) is 0.826. The standard InChI is InChI=1S/C17H26N2O3.ClH/c1-18-9-6-14-7-10-19(11-8-14)17(20)13-22-16-5-3-4-15(12-16)21-2;/h3-5,12,14,18H,6-11,13H2,1-2H3;1H. The number of ether oxygens (including phenoxy) is 2. The normalized spacial score (nSPS) is 15.0. The number of hydrogen-bond acceptors (Lipinski definition) is 4. The fourth-order valence-electron chi connectivity index (χ4n) is 2.75. The lowest BCUT2D eigenvalue weighted by atomic mass is 9.93. The molecule has 23 heavy (non-hydrogen) atoms. The second-order valence-corrected chi connectivity index (χ2v) is 5.68. The number of amides is 1. The number of carbonyl (C=O) groups is 1. The summed E-state index contributed by atoms with van der Waals surface area (Å²) in [6.45, 7) is 2.83. The van der Waals surface area contributed by atoms with Gasteiger partial charge in [-0.1, -0.05) is 6.07 Å². The van der Waals surface area contributed by atoms with Crippen LogP contribution in [0.3, 0.4) is 0 Å². The summed E-state index contributed by atoms with van der Waals surface area (Å²) in [4.78, 5) is 14.1. The molecule has 5 nitrogen and oxygen atoms in total. The molecule has 0 bridgehead atoms. The van der Waals surface area contributed by atoms with Crippen molar-refractivity contribution >= 4 is 18.3 Å². The van der Waals surface area contributed by atoms with Crippen LogP contribution < -0.4 is 14.8 Å². The summed E-state index contributed by atoms with van der Waals surface area (Å²) in [6, 6.07) is 7.33. The lowest BCUT2D eigenvalue weighted by Gasteiger charge is -2.32. The van der Waals surface area contributed by atoms with Gasteiger partial charge in [-0.05, 0) is 50.9 Å². The average molecular weight is 343 g/mol. The summed E-state index contributed by atoms with van der Waals surface area (Å²) in [5, 5.41) is 3.19. The van der Waals surface area contributed by atoms with Gasteiger partial charge in [-0.2, -0.15) is 0 Å². The van der Waals surface area contributed by atoms with Crippen LogP contribution in [-0.2, 0) is 4.79 Å². The highest BCUT2D eigenvalue weighted by molar-refractivity contribution is 5.85.